The third kappa shape index (κ3) is 2.03. The van der Waals surface area contributed by atoms with Crippen molar-refractivity contribution in [2.45, 2.75) is 0 Å². The molecule has 0 aliphatic carbocycles. The molecule has 5 heteroatoms. The van der Waals surface area contributed by atoms with Gasteiger partial charge in [-0.25, -0.2) is 9.59 Å². The molecule has 2 aromatic carbocycles. The Balaban J connectivity index is 2.41. The molecular formula is C16H13NO4. The molecule has 1 N–H and O–H groups in total. The van der Waals surface area contributed by atoms with Crippen LogP contribution in [0.15, 0.2) is 36.4 Å². The van der Waals surface area contributed by atoms with E-state index in [1.54, 1.807) is 6.07 Å². The zero-order chi connectivity index (χ0) is 15.0. The first-order chi connectivity index (χ1) is 10.2. The molecule has 0 fully saturated rings. The summed E-state index contributed by atoms with van der Waals surface area (Å²) in [6.07, 6.45) is 0. The van der Waals surface area contributed by atoms with Crippen LogP contribution >= 0.6 is 0 Å². The molecule has 0 spiro atoms. The maximum atomic E-state index is 12.0. The van der Waals surface area contributed by atoms with Crippen molar-refractivity contribution in [3.8, 4) is 0 Å². The van der Waals surface area contributed by atoms with Gasteiger partial charge in [-0.15, -0.1) is 0 Å². The lowest BCUT2D eigenvalue weighted by Crippen LogP contribution is -2.07. The van der Waals surface area contributed by atoms with Gasteiger partial charge in [-0.05, 0) is 18.2 Å². The van der Waals surface area contributed by atoms with Gasteiger partial charge < -0.3 is 14.5 Å². The SMILES string of the molecule is COC(=O)c1cc(C(=O)OC)c2[nH]c3ccccc3c2c1. The number of H-pyrrole nitrogens is 1. The number of aromatic nitrogens is 1. The lowest BCUT2D eigenvalue weighted by molar-refractivity contribution is 0.0600. The molecule has 106 valence electrons. The van der Waals surface area contributed by atoms with E-state index >= 15 is 0 Å². The number of aromatic amines is 1. The zero-order valence-corrected chi connectivity index (χ0v) is 11.6. The number of esters is 2. The average Bonchev–Trinajstić information content (AvgIpc) is 2.91. The maximum Gasteiger partial charge on any atom is 0.340 e. The molecule has 3 rings (SSSR count). The second-order valence-electron chi connectivity index (χ2n) is 4.60. The van der Waals surface area contributed by atoms with E-state index in [4.69, 9.17) is 9.47 Å². The Labute approximate surface area is 120 Å². The molecule has 0 radical (unpaired) electrons. The van der Waals surface area contributed by atoms with Crippen LogP contribution in [0.5, 0.6) is 0 Å². The Morgan fingerprint density at radius 3 is 2.38 bits per heavy atom. The monoisotopic (exact) mass is 283 g/mol. The number of methoxy groups -OCH3 is 2. The topological polar surface area (TPSA) is 68.4 Å². The van der Waals surface area contributed by atoms with Crippen molar-refractivity contribution in [2.75, 3.05) is 14.2 Å². The van der Waals surface area contributed by atoms with E-state index in [2.05, 4.69) is 4.98 Å². The number of hydrogen-bond donors (Lipinski definition) is 1. The molecule has 0 saturated heterocycles. The van der Waals surface area contributed by atoms with Crippen molar-refractivity contribution in [1.29, 1.82) is 0 Å². The Kier molecular flexibility index (Phi) is 3.10. The standard InChI is InChI=1S/C16H13NO4/c1-20-15(18)9-7-11-10-5-3-4-6-13(10)17-14(11)12(8-9)16(19)21-2/h3-8,17H,1-2H3. The highest BCUT2D eigenvalue weighted by Crippen LogP contribution is 2.29. The molecule has 0 unspecified atom stereocenters. The fourth-order valence-electron chi connectivity index (χ4n) is 2.46. The summed E-state index contributed by atoms with van der Waals surface area (Å²) in [5.74, 6) is -0.996. The van der Waals surface area contributed by atoms with Crippen LogP contribution in [0.2, 0.25) is 0 Å². The van der Waals surface area contributed by atoms with Gasteiger partial charge >= 0.3 is 11.9 Å². The van der Waals surface area contributed by atoms with Crippen molar-refractivity contribution in [2.24, 2.45) is 0 Å². The largest absolute Gasteiger partial charge is 0.465 e. The highest BCUT2D eigenvalue weighted by atomic mass is 16.5. The normalized spacial score (nSPS) is 10.8. The fourth-order valence-corrected chi connectivity index (χ4v) is 2.46. The van der Waals surface area contributed by atoms with Gasteiger partial charge in [-0.3, -0.25) is 0 Å². The number of fused-ring (bicyclic) bond motifs is 3. The molecule has 0 bridgehead atoms. The number of benzene rings is 2. The predicted molar refractivity (Wildman–Crippen MR) is 78.5 cm³/mol. The first-order valence-electron chi connectivity index (χ1n) is 6.37. The summed E-state index contributed by atoms with van der Waals surface area (Å²) in [7, 11) is 2.61. The Morgan fingerprint density at radius 1 is 0.952 bits per heavy atom. The molecule has 1 heterocycles. The van der Waals surface area contributed by atoms with Crippen LogP contribution in [0, 0.1) is 0 Å². The van der Waals surface area contributed by atoms with Gasteiger partial charge in [-0.1, -0.05) is 18.2 Å². The minimum absolute atomic E-state index is 0.312. The second kappa shape index (κ2) is 4.94. The molecule has 0 amide bonds. The molecule has 0 aliphatic heterocycles. The molecule has 0 saturated carbocycles. The van der Waals surface area contributed by atoms with Gasteiger partial charge in [0.15, 0.2) is 0 Å². The highest BCUT2D eigenvalue weighted by Gasteiger charge is 2.18. The summed E-state index contributed by atoms with van der Waals surface area (Å²) in [6, 6.07) is 10.8. The summed E-state index contributed by atoms with van der Waals surface area (Å²) in [4.78, 5) is 27.0. The fraction of sp³-hybridized carbons (Fsp3) is 0.125. The van der Waals surface area contributed by atoms with Crippen LogP contribution in [0.4, 0.5) is 0 Å². The molecule has 3 aromatic rings. The van der Waals surface area contributed by atoms with E-state index in [9.17, 15) is 9.59 Å². The van der Waals surface area contributed by atoms with Gasteiger partial charge in [0.05, 0.1) is 30.9 Å². The maximum absolute atomic E-state index is 12.0. The van der Waals surface area contributed by atoms with Gasteiger partial charge in [-0.2, -0.15) is 0 Å². The molecule has 0 aliphatic rings. The van der Waals surface area contributed by atoms with Crippen molar-refractivity contribution >= 4 is 33.7 Å². The molecule has 21 heavy (non-hydrogen) atoms. The van der Waals surface area contributed by atoms with E-state index in [-0.39, 0.29) is 0 Å². The minimum atomic E-state index is -0.502. The second-order valence-corrected chi connectivity index (χ2v) is 4.60. The molecule has 5 nitrogen and oxygen atoms in total. The molecule has 0 atom stereocenters. The average molecular weight is 283 g/mol. The van der Waals surface area contributed by atoms with E-state index in [0.717, 1.165) is 16.3 Å². The first kappa shape index (κ1) is 13.2. The minimum Gasteiger partial charge on any atom is -0.465 e. The molecule has 1 aromatic heterocycles. The van der Waals surface area contributed by atoms with Crippen molar-refractivity contribution in [3.05, 3.63) is 47.5 Å². The van der Waals surface area contributed by atoms with Crippen molar-refractivity contribution < 1.29 is 19.1 Å². The number of para-hydroxylation sites is 1. The number of nitrogens with one attached hydrogen (secondary N) is 1. The van der Waals surface area contributed by atoms with Crippen LogP contribution in [0.1, 0.15) is 20.7 Å². The number of ether oxygens (including phenoxy) is 2. The summed E-state index contributed by atoms with van der Waals surface area (Å²) < 4.78 is 9.54. The van der Waals surface area contributed by atoms with Crippen LogP contribution < -0.4 is 0 Å². The van der Waals surface area contributed by atoms with Crippen molar-refractivity contribution in [1.82, 2.24) is 4.98 Å². The van der Waals surface area contributed by atoms with E-state index in [1.165, 1.54) is 20.3 Å². The lowest BCUT2D eigenvalue weighted by atomic mass is 10.0. The van der Waals surface area contributed by atoms with E-state index in [1.807, 2.05) is 24.3 Å². The number of rotatable bonds is 2. The summed E-state index contributed by atoms with van der Waals surface area (Å²) in [5.41, 5.74) is 2.16. The van der Waals surface area contributed by atoms with E-state index < -0.39 is 11.9 Å². The smallest absolute Gasteiger partial charge is 0.340 e. The summed E-state index contributed by atoms with van der Waals surface area (Å²) >= 11 is 0. The third-order valence-corrected chi connectivity index (χ3v) is 3.44. The summed E-state index contributed by atoms with van der Waals surface area (Å²) in [5, 5.41) is 1.72. The van der Waals surface area contributed by atoms with Crippen LogP contribution in [-0.2, 0) is 9.47 Å². The number of hydrogen-bond acceptors (Lipinski definition) is 4. The number of carbonyl (C=O) groups excluding carboxylic acids is 2. The van der Waals surface area contributed by atoms with Gasteiger partial charge in [0, 0.05) is 16.3 Å². The Hall–Kier alpha value is -2.82. The Morgan fingerprint density at radius 2 is 1.67 bits per heavy atom. The zero-order valence-electron chi connectivity index (χ0n) is 11.6. The van der Waals surface area contributed by atoms with Crippen molar-refractivity contribution in [3.63, 3.8) is 0 Å². The van der Waals surface area contributed by atoms with Crippen LogP contribution in [-0.4, -0.2) is 31.1 Å². The van der Waals surface area contributed by atoms with Crippen LogP contribution in [0.3, 0.4) is 0 Å². The first-order valence-corrected chi connectivity index (χ1v) is 6.37. The third-order valence-electron chi connectivity index (χ3n) is 3.44. The van der Waals surface area contributed by atoms with Gasteiger partial charge in [0.2, 0.25) is 0 Å². The Bertz CT molecular complexity index is 863. The number of carbonyl (C=O) groups is 2. The van der Waals surface area contributed by atoms with Crippen LogP contribution in [0.25, 0.3) is 21.8 Å². The summed E-state index contributed by atoms with van der Waals surface area (Å²) in [6.45, 7) is 0. The van der Waals surface area contributed by atoms with E-state index in [0.29, 0.717) is 16.6 Å². The predicted octanol–water partition coefficient (Wildman–Crippen LogP) is 2.89. The highest BCUT2D eigenvalue weighted by molar-refractivity contribution is 6.16. The van der Waals surface area contributed by atoms with Gasteiger partial charge in [0.1, 0.15) is 0 Å². The molecular weight excluding hydrogens is 270 g/mol. The lowest BCUT2D eigenvalue weighted by Gasteiger charge is -2.05. The quantitative estimate of drug-likeness (QED) is 0.734. The van der Waals surface area contributed by atoms with Gasteiger partial charge in [0.25, 0.3) is 0 Å².